The second-order valence-electron chi connectivity index (χ2n) is 5.24. The Morgan fingerprint density at radius 1 is 0.955 bits per heavy atom. The van der Waals surface area contributed by atoms with Gasteiger partial charge in [-0.05, 0) is 30.0 Å². The molecule has 0 unspecified atom stereocenters. The number of benzene rings is 2. The van der Waals surface area contributed by atoms with Gasteiger partial charge in [-0.1, -0.05) is 31.2 Å². The van der Waals surface area contributed by atoms with Crippen molar-refractivity contribution in [2.24, 2.45) is 0 Å². The van der Waals surface area contributed by atoms with Crippen LogP contribution in [0.3, 0.4) is 0 Å². The lowest BCUT2D eigenvalue weighted by molar-refractivity contribution is 1.07. The van der Waals surface area contributed by atoms with Crippen LogP contribution in [0.5, 0.6) is 0 Å². The lowest BCUT2D eigenvalue weighted by Crippen LogP contribution is -2.12. The molecule has 0 aliphatic carbocycles. The van der Waals surface area contributed by atoms with Crippen molar-refractivity contribution in [2.45, 2.75) is 11.8 Å². The van der Waals surface area contributed by atoms with Crippen LogP contribution in [0.15, 0.2) is 53.4 Å². The minimum absolute atomic E-state index is 0.774. The van der Waals surface area contributed by atoms with Crippen LogP contribution in [0.2, 0.25) is 0 Å². The second kappa shape index (κ2) is 6.36. The van der Waals surface area contributed by atoms with Crippen molar-refractivity contribution in [3.63, 3.8) is 0 Å². The fraction of sp³-hybridized carbons (Fsp3) is 0.222. The Balaban J connectivity index is 2.10. The third kappa shape index (κ3) is 2.92. The van der Waals surface area contributed by atoms with Gasteiger partial charge in [-0.3, -0.25) is 0 Å². The van der Waals surface area contributed by atoms with Gasteiger partial charge in [0.1, 0.15) is 5.82 Å². The van der Waals surface area contributed by atoms with Gasteiger partial charge in [0.15, 0.2) is 5.82 Å². The van der Waals surface area contributed by atoms with Crippen molar-refractivity contribution in [3.05, 3.63) is 48.5 Å². The standard InChI is InChI=1S/C18H19N3S/c1-4-22-14-11-9-13(10-12-14)17-19-16-8-6-5-7-15(16)18(20-17)21(2)3/h5-12H,4H2,1-3H3. The predicted molar refractivity (Wildman–Crippen MR) is 95.7 cm³/mol. The summed E-state index contributed by atoms with van der Waals surface area (Å²) in [5, 5.41) is 1.08. The molecule has 3 nitrogen and oxygen atoms in total. The SMILES string of the molecule is CCSc1ccc(-c2nc(N(C)C)c3ccccc3n2)cc1. The summed E-state index contributed by atoms with van der Waals surface area (Å²) < 4.78 is 0. The van der Waals surface area contributed by atoms with Crippen molar-refractivity contribution < 1.29 is 0 Å². The molecule has 0 aliphatic heterocycles. The minimum Gasteiger partial charge on any atom is -0.362 e. The van der Waals surface area contributed by atoms with Crippen molar-refractivity contribution >= 4 is 28.5 Å². The summed E-state index contributed by atoms with van der Waals surface area (Å²) >= 11 is 1.84. The summed E-state index contributed by atoms with van der Waals surface area (Å²) in [5.74, 6) is 2.81. The van der Waals surface area contributed by atoms with E-state index in [1.54, 1.807) is 0 Å². The Kier molecular flexibility index (Phi) is 4.29. The van der Waals surface area contributed by atoms with Gasteiger partial charge in [-0.25, -0.2) is 9.97 Å². The van der Waals surface area contributed by atoms with E-state index in [2.05, 4.69) is 37.3 Å². The molecule has 0 aliphatic rings. The Bertz CT molecular complexity index is 782. The maximum absolute atomic E-state index is 4.75. The molecule has 0 bridgehead atoms. The molecule has 1 heterocycles. The Hall–Kier alpha value is -2.07. The van der Waals surface area contributed by atoms with Crippen LogP contribution >= 0.6 is 11.8 Å². The van der Waals surface area contributed by atoms with Crippen LogP contribution in [0.25, 0.3) is 22.3 Å². The third-order valence-corrected chi connectivity index (χ3v) is 4.32. The Morgan fingerprint density at radius 2 is 1.68 bits per heavy atom. The van der Waals surface area contributed by atoms with Crippen molar-refractivity contribution in [3.8, 4) is 11.4 Å². The van der Waals surface area contributed by atoms with Crippen LogP contribution in [-0.2, 0) is 0 Å². The molecule has 112 valence electrons. The molecule has 0 fully saturated rings. The number of fused-ring (bicyclic) bond motifs is 1. The monoisotopic (exact) mass is 309 g/mol. The lowest BCUT2D eigenvalue weighted by Gasteiger charge is -2.15. The van der Waals surface area contributed by atoms with Crippen molar-refractivity contribution in [1.82, 2.24) is 9.97 Å². The average Bonchev–Trinajstić information content (AvgIpc) is 2.54. The summed E-state index contributed by atoms with van der Waals surface area (Å²) in [6, 6.07) is 16.6. The zero-order chi connectivity index (χ0) is 15.5. The first-order chi connectivity index (χ1) is 10.7. The number of para-hydroxylation sites is 1. The number of anilines is 1. The predicted octanol–water partition coefficient (Wildman–Crippen LogP) is 4.47. The molecule has 0 saturated heterocycles. The highest BCUT2D eigenvalue weighted by Gasteiger charge is 2.10. The maximum Gasteiger partial charge on any atom is 0.162 e. The minimum atomic E-state index is 0.774. The molecule has 2 aromatic carbocycles. The molecule has 0 saturated carbocycles. The molecule has 0 amide bonds. The van der Waals surface area contributed by atoms with Crippen LogP contribution in [0.1, 0.15) is 6.92 Å². The number of hydrogen-bond acceptors (Lipinski definition) is 4. The highest BCUT2D eigenvalue weighted by atomic mass is 32.2. The van der Waals surface area contributed by atoms with Gasteiger partial charge < -0.3 is 4.90 Å². The van der Waals surface area contributed by atoms with Gasteiger partial charge in [-0.2, -0.15) is 0 Å². The molecular formula is C18H19N3S. The first-order valence-electron chi connectivity index (χ1n) is 7.36. The summed E-state index contributed by atoms with van der Waals surface area (Å²) in [6.45, 7) is 2.16. The van der Waals surface area contributed by atoms with Crippen LogP contribution in [0.4, 0.5) is 5.82 Å². The molecule has 1 aromatic heterocycles. The number of rotatable bonds is 4. The summed E-state index contributed by atoms with van der Waals surface area (Å²) in [4.78, 5) is 12.8. The molecule has 0 radical (unpaired) electrons. The molecule has 22 heavy (non-hydrogen) atoms. The van der Waals surface area contributed by atoms with Gasteiger partial charge in [-0.15, -0.1) is 11.8 Å². The third-order valence-electron chi connectivity index (χ3n) is 3.43. The molecule has 0 spiro atoms. The number of aromatic nitrogens is 2. The van der Waals surface area contributed by atoms with Crippen LogP contribution in [-0.4, -0.2) is 29.8 Å². The Labute approximate surface area is 135 Å². The summed E-state index contributed by atoms with van der Waals surface area (Å²) in [5.41, 5.74) is 2.03. The topological polar surface area (TPSA) is 29.0 Å². The van der Waals surface area contributed by atoms with Crippen molar-refractivity contribution in [1.29, 1.82) is 0 Å². The molecule has 0 N–H and O–H groups in total. The largest absolute Gasteiger partial charge is 0.362 e. The molecule has 0 atom stereocenters. The fourth-order valence-electron chi connectivity index (χ4n) is 2.40. The molecule has 3 rings (SSSR count). The number of nitrogens with zero attached hydrogens (tertiary/aromatic N) is 3. The van der Waals surface area contributed by atoms with Gasteiger partial charge >= 0.3 is 0 Å². The first kappa shape index (κ1) is 14.9. The summed E-state index contributed by atoms with van der Waals surface area (Å²) in [7, 11) is 4.03. The highest BCUT2D eigenvalue weighted by Crippen LogP contribution is 2.27. The smallest absolute Gasteiger partial charge is 0.162 e. The lowest BCUT2D eigenvalue weighted by atomic mass is 10.2. The zero-order valence-electron chi connectivity index (χ0n) is 13.1. The van der Waals surface area contributed by atoms with E-state index in [0.717, 1.165) is 33.9 Å². The maximum atomic E-state index is 4.75. The zero-order valence-corrected chi connectivity index (χ0v) is 13.9. The highest BCUT2D eigenvalue weighted by molar-refractivity contribution is 7.99. The van der Waals surface area contributed by atoms with E-state index >= 15 is 0 Å². The molecule has 4 heteroatoms. The van der Waals surface area contributed by atoms with Gasteiger partial charge in [0.05, 0.1) is 5.52 Å². The van der Waals surface area contributed by atoms with E-state index in [1.165, 1.54) is 4.90 Å². The average molecular weight is 309 g/mol. The van der Waals surface area contributed by atoms with E-state index in [-0.39, 0.29) is 0 Å². The summed E-state index contributed by atoms with van der Waals surface area (Å²) in [6.07, 6.45) is 0. The first-order valence-corrected chi connectivity index (χ1v) is 8.35. The number of thioether (sulfide) groups is 1. The molecular weight excluding hydrogens is 290 g/mol. The van der Waals surface area contributed by atoms with Gasteiger partial charge in [0.2, 0.25) is 0 Å². The van der Waals surface area contributed by atoms with Gasteiger partial charge in [0.25, 0.3) is 0 Å². The quantitative estimate of drug-likeness (QED) is 0.665. The number of hydrogen-bond donors (Lipinski definition) is 0. The molecule has 3 aromatic rings. The normalized spacial score (nSPS) is 10.9. The fourth-order valence-corrected chi connectivity index (χ4v) is 3.06. The van der Waals surface area contributed by atoms with Gasteiger partial charge in [0, 0.05) is 29.9 Å². The van der Waals surface area contributed by atoms with Crippen LogP contribution in [0, 0.1) is 0 Å². The van der Waals surface area contributed by atoms with E-state index in [4.69, 9.17) is 9.97 Å². The van der Waals surface area contributed by atoms with E-state index in [1.807, 2.05) is 49.0 Å². The van der Waals surface area contributed by atoms with Crippen LogP contribution < -0.4 is 4.90 Å². The second-order valence-corrected chi connectivity index (χ2v) is 6.58. The van der Waals surface area contributed by atoms with E-state index in [0.29, 0.717) is 0 Å². The van der Waals surface area contributed by atoms with E-state index < -0.39 is 0 Å². The van der Waals surface area contributed by atoms with Crippen molar-refractivity contribution in [2.75, 3.05) is 24.7 Å². The van der Waals surface area contributed by atoms with E-state index in [9.17, 15) is 0 Å². The Morgan fingerprint density at radius 3 is 2.36 bits per heavy atom.